The maximum absolute atomic E-state index is 5.85. The van der Waals surface area contributed by atoms with Gasteiger partial charge < -0.3 is 5.73 Å². The minimum absolute atomic E-state index is 0.342. The molecule has 0 aliphatic heterocycles. The lowest BCUT2D eigenvalue weighted by molar-refractivity contribution is 0.657. The third kappa shape index (κ3) is 3.74. The number of hydrogen-bond donors (Lipinski definition) is 1. The standard InChI is InChI=1S/C15H17BrN4S/c16-11-7-3-4-8-12(11)21-9-13-18-14(20-15(17)19-13)10-5-1-2-6-10/h3-4,7-8,10H,1-2,5-6,9H2,(H2,17,18,19,20). The van der Waals surface area contributed by atoms with E-state index < -0.39 is 0 Å². The Morgan fingerprint density at radius 2 is 1.90 bits per heavy atom. The first kappa shape index (κ1) is 14.8. The van der Waals surface area contributed by atoms with E-state index in [1.165, 1.54) is 30.6 Å². The molecule has 1 aliphatic rings. The van der Waals surface area contributed by atoms with Crippen molar-refractivity contribution in [2.45, 2.75) is 42.2 Å². The summed E-state index contributed by atoms with van der Waals surface area (Å²) in [6.07, 6.45) is 4.86. The van der Waals surface area contributed by atoms with Crippen LogP contribution in [0.2, 0.25) is 0 Å². The zero-order valence-electron chi connectivity index (χ0n) is 11.6. The summed E-state index contributed by atoms with van der Waals surface area (Å²) >= 11 is 5.26. The summed E-state index contributed by atoms with van der Waals surface area (Å²) < 4.78 is 1.09. The van der Waals surface area contributed by atoms with Crippen molar-refractivity contribution < 1.29 is 0 Å². The first-order valence-electron chi connectivity index (χ1n) is 7.10. The molecular formula is C15H17BrN4S. The quantitative estimate of drug-likeness (QED) is 0.824. The second kappa shape index (κ2) is 6.75. The number of benzene rings is 1. The van der Waals surface area contributed by atoms with Gasteiger partial charge in [0.2, 0.25) is 5.95 Å². The monoisotopic (exact) mass is 364 g/mol. The molecule has 1 heterocycles. The van der Waals surface area contributed by atoms with E-state index in [0.29, 0.717) is 17.6 Å². The van der Waals surface area contributed by atoms with Crippen LogP contribution >= 0.6 is 27.7 Å². The number of anilines is 1. The molecule has 2 aromatic rings. The van der Waals surface area contributed by atoms with Crippen molar-refractivity contribution in [1.29, 1.82) is 0 Å². The summed E-state index contributed by atoms with van der Waals surface area (Å²) in [6.45, 7) is 0. The Hall–Kier alpha value is -1.14. The van der Waals surface area contributed by atoms with Gasteiger partial charge in [0.1, 0.15) is 11.6 Å². The zero-order valence-corrected chi connectivity index (χ0v) is 14.0. The molecule has 2 N–H and O–H groups in total. The highest BCUT2D eigenvalue weighted by Crippen LogP contribution is 2.33. The molecule has 1 fully saturated rings. The number of nitrogen functional groups attached to an aromatic ring is 1. The fraction of sp³-hybridized carbons (Fsp3) is 0.400. The highest BCUT2D eigenvalue weighted by molar-refractivity contribution is 9.10. The molecular weight excluding hydrogens is 348 g/mol. The predicted molar refractivity (Wildman–Crippen MR) is 89.2 cm³/mol. The molecule has 1 aromatic carbocycles. The summed E-state index contributed by atoms with van der Waals surface area (Å²) in [5, 5.41) is 0. The van der Waals surface area contributed by atoms with E-state index in [2.05, 4.69) is 36.9 Å². The normalized spacial score (nSPS) is 15.5. The van der Waals surface area contributed by atoms with Crippen LogP contribution in [0.5, 0.6) is 0 Å². The van der Waals surface area contributed by atoms with Crippen LogP contribution in [0.4, 0.5) is 5.95 Å². The van der Waals surface area contributed by atoms with Crippen LogP contribution in [-0.2, 0) is 5.75 Å². The summed E-state index contributed by atoms with van der Waals surface area (Å²) in [7, 11) is 0. The molecule has 0 bridgehead atoms. The van der Waals surface area contributed by atoms with Crippen LogP contribution in [0.1, 0.15) is 43.3 Å². The van der Waals surface area contributed by atoms with Crippen molar-refractivity contribution in [3.05, 3.63) is 40.4 Å². The van der Waals surface area contributed by atoms with Gasteiger partial charge in [0.25, 0.3) is 0 Å². The van der Waals surface area contributed by atoms with Crippen molar-refractivity contribution in [1.82, 2.24) is 15.0 Å². The molecule has 0 atom stereocenters. The molecule has 21 heavy (non-hydrogen) atoms. The molecule has 6 heteroatoms. The van der Waals surface area contributed by atoms with Crippen LogP contribution in [0.15, 0.2) is 33.6 Å². The Balaban J connectivity index is 1.74. The Labute approximate surface area is 137 Å². The van der Waals surface area contributed by atoms with Gasteiger partial charge in [-0.15, -0.1) is 11.8 Å². The zero-order chi connectivity index (χ0) is 14.7. The minimum atomic E-state index is 0.342. The van der Waals surface area contributed by atoms with Gasteiger partial charge in [-0.3, -0.25) is 0 Å². The van der Waals surface area contributed by atoms with E-state index in [1.54, 1.807) is 11.8 Å². The molecule has 0 saturated heterocycles. The van der Waals surface area contributed by atoms with Crippen molar-refractivity contribution in [2.24, 2.45) is 0 Å². The number of thioether (sulfide) groups is 1. The molecule has 0 amide bonds. The van der Waals surface area contributed by atoms with E-state index in [9.17, 15) is 0 Å². The van der Waals surface area contributed by atoms with E-state index in [1.807, 2.05) is 18.2 Å². The fourth-order valence-corrected chi connectivity index (χ4v) is 4.01. The maximum atomic E-state index is 5.85. The van der Waals surface area contributed by atoms with Gasteiger partial charge in [0.15, 0.2) is 0 Å². The first-order valence-corrected chi connectivity index (χ1v) is 8.88. The number of hydrogen-bond acceptors (Lipinski definition) is 5. The Morgan fingerprint density at radius 3 is 2.67 bits per heavy atom. The Bertz CT molecular complexity index is 629. The fourth-order valence-electron chi connectivity index (χ4n) is 2.59. The third-order valence-corrected chi connectivity index (χ3v) is 5.65. The molecule has 110 valence electrons. The Morgan fingerprint density at radius 1 is 1.14 bits per heavy atom. The minimum Gasteiger partial charge on any atom is -0.368 e. The molecule has 0 unspecified atom stereocenters. The van der Waals surface area contributed by atoms with E-state index in [-0.39, 0.29) is 0 Å². The SMILES string of the molecule is Nc1nc(CSc2ccccc2Br)nc(C2CCCC2)n1. The highest BCUT2D eigenvalue weighted by atomic mass is 79.9. The lowest BCUT2D eigenvalue weighted by Gasteiger charge is -2.10. The van der Waals surface area contributed by atoms with Crippen molar-refractivity contribution in [3.8, 4) is 0 Å². The lowest BCUT2D eigenvalue weighted by atomic mass is 10.1. The largest absolute Gasteiger partial charge is 0.368 e. The van der Waals surface area contributed by atoms with Gasteiger partial charge in [-0.05, 0) is 40.9 Å². The number of aromatic nitrogens is 3. The average Bonchev–Trinajstić information content (AvgIpc) is 3.00. The summed E-state index contributed by atoms with van der Waals surface area (Å²) in [4.78, 5) is 14.4. The highest BCUT2D eigenvalue weighted by Gasteiger charge is 2.21. The lowest BCUT2D eigenvalue weighted by Crippen LogP contribution is -2.09. The van der Waals surface area contributed by atoms with Crippen LogP contribution in [-0.4, -0.2) is 15.0 Å². The molecule has 4 nitrogen and oxygen atoms in total. The van der Waals surface area contributed by atoms with Crippen LogP contribution in [0.25, 0.3) is 0 Å². The van der Waals surface area contributed by atoms with E-state index >= 15 is 0 Å². The molecule has 3 rings (SSSR count). The van der Waals surface area contributed by atoms with Gasteiger partial charge in [-0.1, -0.05) is 25.0 Å². The summed E-state index contributed by atoms with van der Waals surface area (Å²) in [5.74, 6) is 3.15. The number of nitrogens with two attached hydrogens (primary N) is 1. The molecule has 1 saturated carbocycles. The Kier molecular flexibility index (Phi) is 4.75. The first-order chi connectivity index (χ1) is 10.2. The van der Waals surface area contributed by atoms with Gasteiger partial charge in [0.05, 0.1) is 5.75 Å². The second-order valence-electron chi connectivity index (χ2n) is 5.17. The smallest absolute Gasteiger partial charge is 0.223 e. The van der Waals surface area contributed by atoms with Crippen molar-refractivity contribution in [2.75, 3.05) is 5.73 Å². The molecule has 1 aromatic heterocycles. The topological polar surface area (TPSA) is 64.7 Å². The van der Waals surface area contributed by atoms with Gasteiger partial charge >= 0.3 is 0 Å². The summed E-state index contributed by atoms with van der Waals surface area (Å²) in [5.41, 5.74) is 5.85. The maximum Gasteiger partial charge on any atom is 0.223 e. The van der Waals surface area contributed by atoms with Gasteiger partial charge in [-0.2, -0.15) is 9.97 Å². The summed E-state index contributed by atoms with van der Waals surface area (Å²) in [6, 6.07) is 8.15. The van der Waals surface area contributed by atoms with E-state index in [4.69, 9.17) is 5.73 Å². The van der Waals surface area contributed by atoms with Crippen molar-refractivity contribution in [3.63, 3.8) is 0 Å². The number of nitrogens with zero attached hydrogens (tertiary/aromatic N) is 3. The van der Waals surface area contributed by atoms with E-state index in [0.717, 1.165) is 16.1 Å². The number of halogens is 1. The van der Waals surface area contributed by atoms with Crippen LogP contribution < -0.4 is 5.73 Å². The van der Waals surface area contributed by atoms with Gasteiger partial charge in [-0.25, -0.2) is 4.98 Å². The molecule has 0 spiro atoms. The third-order valence-electron chi connectivity index (χ3n) is 3.63. The average molecular weight is 365 g/mol. The number of rotatable bonds is 4. The predicted octanol–water partition coefficient (Wildman–Crippen LogP) is 4.17. The second-order valence-corrected chi connectivity index (χ2v) is 7.04. The van der Waals surface area contributed by atoms with Gasteiger partial charge in [0, 0.05) is 15.3 Å². The van der Waals surface area contributed by atoms with Crippen LogP contribution in [0, 0.1) is 0 Å². The molecule has 0 radical (unpaired) electrons. The van der Waals surface area contributed by atoms with Crippen molar-refractivity contribution >= 4 is 33.6 Å². The molecule has 1 aliphatic carbocycles. The van der Waals surface area contributed by atoms with Crippen LogP contribution in [0.3, 0.4) is 0 Å².